The van der Waals surface area contributed by atoms with Crippen molar-refractivity contribution in [2.24, 2.45) is 0 Å². The van der Waals surface area contributed by atoms with Crippen molar-refractivity contribution >= 4 is 17.8 Å². The molecular formula is C29H34N2O7. The van der Waals surface area contributed by atoms with Gasteiger partial charge >= 0.3 is 0 Å². The summed E-state index contributed by atoms with van der Waals surface area (Å²) in [6.07, 6.45) is 3.72. The number of hydrogen-bond donors (Lipinski definition) is 1. The fourth-order valence-corrected chi connectivity index (χ4v) is 4.86. The minimum atomic E-state index is -0.825. The van der Waals surface area contributed by atoms with Crippen LogP contribution in [0, 0.1) is 0 Å². The first-order chi connectivity index (χ1) is 18.5. The first-order valence-electron chi connectivity index (χ1n) is 12.6. The van der Waals surface area contributed by atoms with Gasteiger partial charge in [-0.05, 0) is 35.8 Å². The smallest absolute Gasteiger partial charge is 0.290 e. The van der Waals surface area contributed by atoms with Gasteiger partial charge in [-0.2, -0.15) is 0 Å². The number of morpholine rings is 1. The van der Waals surface area contributed by atoms with E-state index >= 15 is 0 Å². The summed E-state index contributed by atoms with van der Waals surface area (Å²) in [7, 11) is 4.51. The number of ether oxygens (including phenoxy) is 4. The van der Waals surface area contributed by atoms with Crippen LogP contribution in [-0.2, 0) is 14.3 Å². The summed E-state index contributed by atoms with van der Waals surface area (Å²) in [5.74, 6) is -0.401. The molecule has 2 aliphatic heterocycles. The highest BCUT2D eigenvalue weighted by Crippen LogP contribution is 2.45. The zero-order chi connectivity index (χ0) is 27.1. The maximum Gasteiger partial charge on any atom is 0.290 e. The first-order valence-corrected chi connectivity index (χ1v) is 12.6. The molecule has 1 amide bonds. The van der Waals surface area contributed by atoms with Crippen molar-refractivity contribution < 1.29 is 33.6 Å². The lowest BCUT2D eigenvalue weighted by Crippen LogP contribution is -2.39. The Bertz CT molecular complexity index is 1180. The summed E-state index contributed by atoms with van der Waals surface area (Å²) in [6, 6.07) is 12.0. The molecule has 38 heavy (non-hydrogen) atoms. The van der Waals surface area contributed by atoms with Crippen LogP contribution in [0.1, 0.15) is 23.6 Å². The summed E-state index contributed by atoms with van der Waals surface area (Å²) >= 11 is 0. The van der Waals surface area contributed by atoms with Gasteiger partial charge in [0, 0.05) is 26.2 Å². The van der Waals surface area contributed by atoms with Crippen molar-refractivity contribution in [1.29, 1.82) is 0 Å². The minimum Gasteiger partial charge on any atom is -0.503 e. The molecule has 2 heterocycles. The molecule has 2 aromatic carbocycles. The van der Waals surface area contributed by atoms with Crippen molar-refractivity contribution in [2.75, 3.05) is 60.7 Å². The van der Waals surface area contributed by atoms with Crippen molar-refractivity contribution in [3.05, 3.63) is 71.0 Å². The van der Waals surface area contributed by atoms with Crippen LogP contribution in [0.25, 0.3) is 6.08 Å². The molecule has 0 radical (unpaired) electrons. The van der Waals surface area contributed by atoms with Gasteiger partial charge in [-0.1, -0.05) is 36.4 Å². The zero-order valence-electron chi connectivity index (χ0n) is 22.0. The molecule has 1 N–H and O–H groups in total. The SMILES string of the molecule is COc1cc(C2C(C(=O)/C=C/c3ccccc3)=C(O)C(=O)N2CCCN2CCOCC2)cc(OC)c1OC. The molecule has 0 aromatic heterocycles. The van der Waals surface area contributed by atoms with Crippen molar-refractivity contribution in [3.63, 3.8) is 0 Å². The Hall–Kier alpha value is -3.82. The standard InChI is InChI=1S/C29H34N2O7/c1-35-23-18-21(19-24(36-2)28(23)37-3)26-25(22(32)11-10-20-8-5-4-6-9-20)27(33)29(34)31(26)13-7-12-30-14-16-38-17-15-30/h4-6,8-11,18-19,26,33H,7,12-17H2,1-3H3/b11-10+. The van der Waals surface area contributed by atoms with Crippen molar-refractivity contribution in [3.8, 4) is 17.2 Å². The van der Waals surface area contributed by atoms with Gasteiger partial charge in [-0.15, -0.1) is 0 Å². The fraction of sp³-hybridized carbons (Fsp3) is 0.379. The third-order valence-corrected chi connectivity index (χ3v) is 6.78. The third kappa shape index (κ3) is 5.84. The molecule has 2 aliphatic rings. The van der Waals surface area contributed by atoms with E-state index in [-0.39, 0.29) is 5.57 Å². The van der Waals surface area contributed by atoms with Gasteiger partial charge < -0.3 is 29.0 Å². The Labute approximate surface area is 222 Å². The van der Waals surface area contributed by atoms with Gasteiger partial charge in [0.2, 0.25) is 5.75 Å². The average molecular weight is 523 g/mol. The molecule has 2 aromatic rings. The number of nitrogens with zero attached hydrogens (tertiary/aromatic N) is 2. The largest absolute Gasteiger partial charge is 0.503 e. The molecule has 0 saturated carbocycles. The molecule has 0 aliphatic carbocycles. The maximum absolute atomic E-state index is 13.5. The Morgan fingerprint density at radius 1 is 1.03 bits per heavy atom. The van der Waals surface area contributed by atoms with E-state index < -0.39 is 23.5 Å². The Kier molecular flexibility index (Phi) is 9.04. The molecule has 1 unspecified atom stereocenters. The number of aliphatic hydroxyl groups is 1. The number of carbonyl (C=O) groups is 2. The van der Waals surface area contributed by atoms with Crippen LogP contribution >= 0.6 is 0 Å². The quantitative estimate of drug-likeness (QED) is 0.449. The summed E-state index contributed by atoms with van der Waals surface area (Å²) in [5, 5.41) is 10.9. The van der Waals surface area contributed by atoms with E-state index in [1.54, 1.807) is 23.1 Å². The fourth-order valence-electron chi connectivity index (χ4n) is 4.86. The van der Waals surface area contributed by atoms with Gasteiger partial charge in [0.25, 0.3) is 5.91 Å². The highest BCUT2D eigenvalue weighted by Gasteiger charge is 2.43. The van der Waals surface area contributed by atoms with Crippen LogP contribution in [0.3, 0.4) is 0 Å². The number of aliphatic hydroxyl groups excluding tert-OH is 1. The average Bonchev–Trinajstić information content (AvgIpc) is 3.21. The van der Waals surface area contributed by atoms with Gasteiger partial charge in [0.1, 0.15) is 0 Å². The van der Waals surface area contributed by atoms with E-state index in [9.17, 15) is 14.7 Å². The monoisotopic (exact) mass is 522 g/mol. The summed E-state index contributed by atoms with van der Waals surface area (Å²) in [5.41, 5.74) is 1.42. The summed E-state index contributed by atoms with van der Waals surface area (Å²) in [6.45, 7) is 4.16. The summed E-state index contributed by atoms with van der Waals surface area (Å²) in [4.78, 5) is 30.6. The Morgan fingerprint density at radius 2 is 1.68 bits per heavy atom. The number of hydrogen-bond acceptors (Lipinski definition) is 8. The van der Waals surface area contributed by atoms with Crippen molar-refractivity contribution in [2.45, 2.75) is 12.5 Å². The highest BCUT2D eigenvalue weighted by molar-refractivity contribution is 6.14. The summed E-state index contributed by atoms with van der Waals surface area (Å²) < 4.78 is 21.9. The molecule has 4 rings (SSSR count). The lowest BCUT2D eigenvalue weighted by atomic mass is 9.94. The number of rotatable bonds is 11. The van der Waals surface area contributed by atoms with Crippen LogP contribution in [0.2, 0.25) is 0 Å². The van der Waals surface area contributed by atoms with Crippen LogP contribution in [-0.4, -0.2) is 87.3 Å². The van der Waals surface area contributed by atoms with Gasteiger partial charge in [0.05, 0.1) is 46.2 Å². The number of methoxy groups -OCH3 is 3. The lowest BCUT2D eigenvalue weighted by Gasteiger charge is -2.30. The highest BCUT2D eigenvalue weighted by atomic mass is 16.5. The second kappa shape index (κ2) is 12.6. The molecule has 9 heteroatoms. The van der Waals surface area contributed by atoms with E-state index in [4.69, 9.17) is 18.9 Å². The zero-order valence-corrected chi connectivity index (χ0v) is 22.0. The van der Waals surface area contributed by atoms with Crippen LogP contribution in [0.5, 0.6) is 17.2 Å². The van der Waals surface area contributed by atoms with Crippen molar-refractivity contribution in [1.82, 2.24) is 9.80 Å². The molecule has 1 saturated heterocycles. The van der Waals surface area contributed by atoms with Crippen LogP contribution in [0.15, 0.2) is 59.9 Å². The number of amides is 1. The minimum absolute atomic E-state index is 0.0165. The van der Waals surface area contributed by atoms with Gasteiger partial charge in [-0.25, -0.2) is 0 Å². The first kappa shape index (κ1) is 27.2. The normalized spacial score (nSPS) is 18.3. The van der Waals surface area contributed by atoms with Crippen LogP contribution in [0.4, 0.5) is 0 Å². The molecular weight excluding hydrogens is 488 g/mol. The number of allylic oxidation sites excluding steroid dienone is 1. The second-order valence-corrected chi connectivity index (χ2v) is 9.04. The van der Waals surface area contributed by atoms with E-state index in [1.165, 1.54) is 27.4 Å². The topological polar surface area (TPSA) is 97.8 Å². The predicted molar refractivity (Wildman–Crippen MR) is 143 cm³/mol. The Morgan fingerprint density at radius 3 is 2.29 bits per heavy atom. The van der Waals surface area contributed by atoms with Gasteiger partial charge in [0.15, 0.2) is 23.0 Å². The Balaban J connectivity index is 1.69. The predicted octanol–water partition coefficient (Wildman–Crippen LogP) is 3.41. The number of ketones is 1. The number of benzene rings is 2. The maximum atomic E-state index is 13.5. The molecule has 9 nitrogen and oxygen atoms in total. The van der Waals surface area contributed by atoms with E-state index in [0.29, 0.717) is 49.0 Å². The van der Waals surface area contributed by atoms with Crippen LogP contribution < -0.4 is 14.2 Å². The lowest BCUT2D eigenvalue weighted by molar-refractivity contribution is -0.129. The second-order valence-electron chi connectivity index (χ2n) is 9.04. The van der Waals surface area contributed by atoms with E-state index in [0.717, 1.165) is 25.2 Å². The van der Waals surface area contributed by atoms with E-state index in [2.05, 4.69) is 4.90 Å². The molecule has 202 valence electrons. The molecule has 1 atom stereocenters. The number of carbonyl (C=O) groups excluding carboxylic acids is 2. The van der Waals surface area contributed by atoms with Gasteiger partial charge in [-0.3, -0.25) is 14.5 Å². The molecule has 1 fully saturated rings. The molecule has 0 bridgehead atoms. The molecule has 0 spiro atoms. The van der Waals surface area contributed by atoms with E-state index in [1.807, 2.05) is 30.3 Å². The third-order valence-electron chi connectivity index (χ3n) is 6.78.